The molecule has 0 aliphatic heterocycles. The van der Waals surface area contributed by atoms with E-state index >= 15 is 0 Å². The first-order valence-electron chi connectivity index (χ1n) is 12.4. The van der Waals surface area contributed by atoms with Gasteiger partial charge in [0, 0.05) is 24.0 Å². The van der Waals surface area contributed by atoms with Crippen LogP contribution in [0.3, 0.4) is 0 Å². The molecule has 1 aliphatic rings. The summed E-state index contributed by atoms with van der Waals surface area (Å²) in [6.07, 6.45) is 8.86. The van der Waals surface area contributed by atoms with Crippen molar-refractivity contribution < 1.29 is 4.79 Å². The topological polar surface area (TPSA) is 72.7 Å². The second-order valence-electron chi connectivity index (χ2n) is 9.25. The van der Waals surface area contributed by atoms with E-state index in [0.29, 0.717) is 17.6 Å². The van der Waals surface area contributed by atoms with Gasteiger partial charge in [-0.25, -0.2) is 0 Å². The molecule has 1 fully saturated rings. The highest BCUT2D eigenvalue weighted by Crippen LogP contribution is 2.33. The molecule has 3 atom stereocenters. The summed E-state index contributed by atoms with van der Waals surface area (Å²) in [5, 5.41) is 13.1. The number of carbonyl (C=O) groups is 1. The number of hydrogen-bond acceptors (Lipinski definition) is 5. The van der Waals surface area contributed by atoms with Gasteiger partial charge in [-0.1, -0.05) is 70.5 Å². The lowest BCUT2D eigenvalue weighted by molar-refractivity contribution is -0.120. The number of para-hydroxylation sites is 1. The maximum Gasteiger partial charge on any atom is 0.230 e. The highest BCUT2D eigenvalue weighted by molar-refractivity contribution is 7.99. The quantitative estimate of drug-likeness (QED) is 0.435. The van der Waals surface area contributed by atoms with E-state index in [1.807, 2.05) is 18.3 Å². The first kappa shape index (κ1) is 24.5. The third kappa shape index (κ3) is 5.19. The van der Waals surface area contributed by atoms with Crippen LogP contribution in [0.25, 0.3) is 17.1 Å². The van der Waals surface area contributed by atoms with Crippen LogP contribution >= 0.6 is 11.8 Å². The number of aryl methyl sites for hydroxylation is 2. The summed E-state index contributed by atoms with van der Waals surface area (Å²) in [5.74, 6) is 2.29. The van der Waals surface area contributed by atoms with Crippen molar-refractivity contribution in [1.29, 1.82) is 0 Å². The molecular formula is C27H35N5OS. The highest BCUT2D eigenvalue weighted by atomic mass is 32.2. The molecule has 0 radical (unpaired) electrons. The van der Waals surface area contributed by atoms with Gasteiger partial charge in [-0.3, -0.25) is 14.3 Å². The normalized spacial score (nSPS) is 20.3. The fraction of sp³-hybridized carbons (Fsp3) is 0.481. The first-order valence-corrected chi connectivity index (χ1v) is 13.4. The zero-order valence-corrected chi connectivity index (χ0v) is 21.4. The summed E-state index contributed by atoms with van der Waals surface area (Å²) < 4.78 is 2.12. The molecule has 34 heavy (non-hydrogen) atoms. The Morgan fingerprint density at radius 3 is 2.53 bits per heavy atom. The van der Waals surface area contributed by atoms with Gasteiger partial charge in [-0.15, -0.1) is 10.2 Å². The van der Waals surface area contributed by atoms with Crippen molar-refractivity contribution in [2.45, 2.75) is 71.0 Å². The molecule has 4 rings (SSSR count). The highest BCUT2D eigenvalue weighted by Gasteiger charge is 2.28. The van der Waals surface area contributed by atoms with Crippen LogP contribution in [-0.2, 0) is 17.6 Å². The largest absolute Gasteiger partial charge is 0.352 e. The Hall–Kier alpha value is -2.67. The maximum atomic E-state index is 12.9. The monoisotopic (exact) mass is 477 g/mol. The van der Waals surface area contributed by atoms with Crippen LogP contribution in [0.1, 0.15) is 58.1 Å². The van der Waals surface area contributed by atoms with E-state index in [1.54, 1.807) is 6.20 Å². The maximum absolute atomic E-state index is 12.9. The molecule has 0 spiro atoms. The van der Waals surface area contributed by atoms with Gasteiger partial charge in [-0.2, -0.15) is 0 Å². The summed E-state index contributed by atoms with van der Waals surface area (Å²) in [4.78, 5) is 17.2. The van der Waals surface area contributed by atoms with E-state index in [1.165, 1.54) is 35.7 Å². The molecule has 1 saturated carbocycles. The molecule has 6 nitrogen and oxygen atoms in total. The Bertz CT molecular complexity index is 1090. The fourth-order valence-electron chi connectivity index (χ4n) is 4.91. The Kier molecular flexibility index (Phi) is 8.03. The van der Waals surface area contributed by atoms with Crippen LogP contribution in [0, 0.1) is 11.8 Å². The van der Waals surface area contributed by atoms with E-state index in [4.69, 9.17) is 0 Å². The van der Waals surface area contributed by atoms with Crippen LogP contribution in [0.15, 0.2) is 47.9 Å². The van der Waals surface area contributed by atoms with Gasteiger partial charge in [0.2, 0.25) is 5.91 Å². The van der Waals surface area contributed by atoms with Gasteiger partial charge in [0.05, 0.1) is 11.4 Å². The number of amides is 1. The molecule has 0 saturated heterocycles. The van der Waals surface area contributed by atoms with Crippen molar-refractivity contribution in [3.8, 4) is 17.1 Å². The third-order valence-corrected chi connectivity index (χ3v) is 8.06. The number of carbonyl (C=O) groups excluding carboxylic acids is 1. The minimum atomic E-state index is 0.0629. The predicted octanol–water partition coefficient (Wildman–Crippen LogP) is 5.49. The molecule has 7 heteroatoms. The van der Waals surface area contributed by atoms with Crippen molar-refractivity contribution in [3.05, 3.63) is 53.9 Å². The fourth-order valence-corrected chi connectivity index (χ4v) is 5.66. The zero-order chi connectivity index (χ0) is 24.1. The van der Waals surface area contributed by atoms with E-state index in [0.717, 1.165) is 41.5 Å². The predicted molar refractivity (Wildman–Crippen MR) is 138 cm³/mol. The molecule has 3 unspecified atom stereocenters. The van der Waals surface area contributed by atoms with Gasteiger partial charge >= 0.3 is 0 Å². The number of pyridine rings is 1. The molecule has 180 valence electrons. The SMILES string of the molecule is CCc1cccc(CC)c1-n1c(SCC(=O)NC2CCCC(C)C2C)nnc1-c1cccnc1. The zero-order valence-electron chi connectivity index (χ0n) is 20.6. The lowest BCUT2D eigenvalue weighted by atomic mass is 9.78. The minimum Gasteiger partial charge on any atom is -0.352 e. The van der Waals surface area contributed by atoms with Gasteiger partial charge in [0.25, 0.3) is 0 Å². The number of rotatable bonds is 8. The Balaban J connectivity index is 1.64. The number of nitrogens with zero attached hydrogens (tertiary/aromatic N) is 4. The van der Waals surface area contributed by atoms with Crippen LogP contribution in [0.4, 0.5) is 0 Å². The molecule has 1 aliphatic carbocycles. The van der Waals surface area contributed by atoms with Crippen LogP contribution in [-0.4, -0.2) is 37.5 Å². The van der Waals surface area contributed by atoms with Gasteiger partial charge < -0.3 is 5.32 Å². The molecule has 2 heterocycles. The summed E-state index contributed by atoms with van der Waals surface area (Å²) in [6.45, 7) is 8.88. The molecule has 2 aromatic heterocycles. The number of nitrogens with one attached hydrogen (secondary N) is 1. The van der Waals surface area contributed by atoms with Crippen molar-refractivity contribution in [1.82, 2.24) is 25.1 Å². The second-order valence-corrected chi connectivity index (χ2v) is 10.2. The van der Waals surface area contributed by atoms with Crippen LogP contribution in [0.5, 0.6) is 0 Å². The van der Waals surface area contributed by atoms with Gasteiger partial charge in [0.1, 0.15) is 0 Å². The van der Waals surface area contributed by atoms with Crippen LogP contribution in [0.2, 0.25) is 0 Å². The number of hydrogen-bond donors (Lipinski definition) is 1. The lowest BCUT2D eigenvalue weighted by Crippen LogP contribution is -2.44. The Labute approximate surface area is 207 Å². The summed E-state index contributed by atoms with van der Waals surface area (Å²) in [5.41, 5.74) is 4.50. The summed E-state index contributed by atoms with van der Waals surface area (Å²) in [6, 6.07) is 10.6. The first-order chi connectivity index (χ1) is 16.5. The van der Waals surface area contributed by atoms with Crippen molar-refractivity contribution in [2.24, 2.45) is 11.8 Å². The number of benzene rings is 1. The van der Waals surface area contributed by atoms with Crippen molar-refractivity contribution in [3.63, 3.8) is 0 Å². The Morgan fingerprint density at radius 2 is 1.85 bits per heavy atom. The third-order valence-electron chi connectivity index (χ3n) is 7.13. The average Bonchev–Trinajstić information content (AvgIpc) is 3.29. The summed E-state index contributed by atoms with van der Waals surface area (Å²) in [7, 11) is 0. The molecule has 0 bridgehead atoms. The minimum absolute atomic E-state index is 0.0629. The molecule has 1 amide bonds. The summed E-state index contributed by atoms with van der Waals surface area (Å²) >= 11 is 1.45. The second kappa shape index (κ2) is 11.2. The lowest BCUT2D eigenvalue weighted by Gasteiger charge is -2.34. The average molecular weight is 478 g/mol. The molecule has 1 aromatic carbocycles. The number of thioether (sulfide) groups is 1. The molecule has 1 N–H and O–H groups in total. The smallest absolute Gasteiger partial charge is 0.230 e. The van der Waals surface area contributed by atoms with E-state index in [9.17, 15) is 4.79 Å². The van der Waals surface area contributed by atoms with E-state index in [-0.39, 0.29) is 11.9 Å². The van der Waals surface area contributed by atoms with Crippen molar-refractivity contribution >= 4 is 17.7 Å². The standard InChI is InChI=1S/C27H35N5OS/c1-5-20-11-8-12-21(6-2)25(20)32-26(22-13-9-15-28-16-22)30-31-27(32)34-17-24(33)29-23-14-7-10-18(3)19(23)4/h8-9,11-13,15-16,18-19,23H,5-7,10,14,17H2,1-4H3,(H,29,33). The van der Waals surface area contributed by atoms with E-state index in [2.05, 4.69) is 71.0 Å². The van der Waals surface area contributed by atoms with Gasteiger partial charge in [-0.05, 0) is 54.4 Å². The van der Waals surface area contributed by atoms with Crippen molar-refractivity contribution in [2.75, 3.05) is 5.75 Å². The molecular weight excluding hydrogens is 442 g/mol. The van der Waals surface area contributed by atoms with Crippen LogP contribution < -0.4 is 5.32 Å². The molecule has 3 aromatic rings. The Morgan fingerprint density at radius 1 is 1.09 bits per heavy atom. The van der Waals surface area contributed by atoms with E-state index < -0.39 is 0 Å². The van der Waals surface area contributed by atoms with Gasteiger partial charge in [0.15, 0.2) is 11.0 Å². The number of aromatic nitrogens is 4.